The van der Waals surface area contributed by atoms with E-state index in [9.17, 15) is 9.90 Å². The minimum absolute atomic E-state index is 0.185. The Balaban J connectivity index is 3.11. The molecule has 4 N–H and O–H groups in total. The third kappa shape index (κ3) is 2.54. The van der Waals surface area contributed by atoms with Gasteiger partial charge in [-0.2, -0.15) is 0 Å². The lowest BCUT2D eigenvalue weighted by Crippen LogP contribution is -2.32. The van der Waals surface area contributed by atoms with Gasteiger partial charge < -0.3 is 15.9 Å². The van der Waals surface area contributed by atoms with Crippen LogP contribution in [0, 0.1) is 13.8 Å². The first-order valence-electron chi connectivity index (χ1n) is 4.80. The van der Waals surface area contributed by atoms with Gasteiger partial charge in [0.15, 0.2) is 0 Å². The third-order valence-electron chi connectivity index (χ3n) is 2.54. The fourth-order valence-electron chi connectivity index (χ4n) is 1.47. The number of carbonyl (C=O) groups is 1. The van der Waals surface area contributed by atoms with Crippen LogP contribution in [0.5, 0.6) is 5.75 Å². The fourth-order valence-corrected chi connectivity index (χ4v) is 2.03. The Hall–Kier alpha value is -1.07. The molecule has 5 heteroatoms. The van der Waals surface area contributed by atoms with E-state index in [2.05, 4.69) is 15.9 Å². The molecule has 0 saturated carbocycles. The van der Waals surface area contributed by atoms with Crippen molar-refractivity contribution in [3.8, 4) is 5.75 Å². The van der Waals surface area contributed by atoms with Crippen LogP contribution in [0.15, 0.2) is 10.5 Å². The molecule has 0 aliphatic carbocycles. The number of aryl methyl sites for hydroxylation is 1. The van der Waals surface area contributed by atoms with Crippen molar-refractivity contribution >= 4 is 21.9 Å². The van der Waals surface area contributed by atoms with E-state index >= 15 is 0 Å². The molecule has 1 rings (SSSR count). The summed E-state index contributed by atoms with van der Waals surface area (Å²) in [4.78, 5) is 10.7. The topological polar surface area (TPSA) is 83.6 Å². The van der Waals surface area contributed by atoms with Gasteiger partial charge in [0, 0.05) is 0 Å². The summed E-state index contributed by atoms with van der Waals surface area (Å²) in [7, 11) is 0. The highest BCUT2D eigenvalue weighted by molar-refractivity contribution is 9.10. The molecule has 0 bridgehead atoms. The van der Waals surface area contributed by atoms with Crippen LogP contribution in [0.4, 0.5) is 0 Å². The second-order valence-electron chi connectivity index (χ2n) is 3.79. The van der Waals surface area contributed by atoms with E-state index in [4.69, 9.17) is 10.8 Å². The Bertz CT molecular complexity index is 432. The maximum atomic E-state index is 10.7. The molecule has 0 fully saturated rings. The number of aromatic hydroxyl groups is 1. The van der Waals surface area contributed by atoms with Gasteiger partial charge in [-0.1, -0.05) is 6.07 Å². The average Bonchev–Trinajstić information content (AvgIpc) is 2.22. The summed E-state index contributed by atoms with van der Waals surface area (Å²) in [5.74, 6) is -0.841. The Morgan fingerprint density at radius 1 is 1.56 bits per heavy atom. The summed E-state index contributed by atoms with van der Waals surface area (Å²) < 4.78 is 0.597. The molecule has 0 aromatic heterocycles. The van der Waals surface area contributed by atoms with Crippen molar-refractivity contribution in [2.45, 2.75) is 26.3 Å². The van der Waals surface area contributed by atoms with Crippen molar-refractivity contribution in [1.82, 2.24) is 0 Å². The molecule has 0 amide bonds. The molecule has 0 aliphatic rings. The van der Waals surface area contributed by atoms with Crippen molar-refractivity contribution in [3.05, 3.63) is 27.2 Å². The van der Waals surface area contributed by atoms with Crippen LogP contribution in [0.3, 0.4) is 0 Å². The molecule has 0 spiro atoms. The fraction of sp³-hybridized carbons (Fsp3) is 0.364. The zero-order valence-electron chi connectivity index (χ0n) is 9.12. The normalized spacial score (nSPS) is 12.5. The van der Waals surface area contributed by atoms with E-state index < -0.39 is 12.0 Å². The highest BCUT2D eigenvalue weighted by atomic mass is 79.9. The van der Waals surface area contributed by atoms with Crippen LogP contribution in [0.25, 0.3) is 0 Å². The zero-order valence-corrected chi connectivity index (χ0v) is 10.7. The molecular formula is C11H14BrNO3. The maximum Gasteiger partial charge on any atom is 0.320 e. The van der Waals surface area contributed by atoms with Crippen LogP contribution in [-0.2, 0) is 11.2 Å². The first-order valence-corrected chi connectivity index (χ1v) is 5.59. The predicted octanol–water partition coefficient (Wildman–Crippen LogP) is 1.73. The Morgan fingerprint density at radius 3 is 2.62 bits per heavy atom. The largest absolute Gasteiger partial charge is 0.506 e. The van der Waals surface area contributed by atoms with Crippen molar-refractivity contribution in [3.63, 3.8) is 0 Å². The van der Waals surface area contributed by atoms with Gasteiger partial charge in [0.2, 0.25) is 0 Å². The van der Waals surface area contributed by atoms with Gasteiger partial charge in [-0.05, 0) is 52.9 Å². The lowest BCUT2D eigenvalue weighted by atomic mass is 9.98. The van der Waals surface area contributed by atoms with E-state index in [1.165, 1.54) is 0 Å². The van der Waals surface area contributed by atoms with Gasteiger partial charge in [-0.25, -0.2) is 0 Å². The number of carboxylic acid groups (broad SMARTS) is 1. The molecule has 16 heavy (non-hydrogen) atoms. The molecule has 88 valence electrons. The summed E-state index contributed by atoms with van der Waals surface area (Å²) in [5.41, 5.74) is 7.83. The third-order valence-corrected chi connectivity index (χ3v) is 3.51. The number of rotatable bonds is 3. The highest BCUT2D eigenvalue weighted by Gasteiger charge is 2.16. The molecule has 4 nitrogen and oxygen atoms in total. The Kier molecular flexibility index (Phi) is 3.93. The zero-order chi connectivity index (χ0) is 12.5. The second-order valence-corrected chi connectivity index (χ2v) is 4.58. The summed E-state index contributed by atoms with van der Waals surface area (Å²) >= 11 is 3.27. The van der Waals surface area contributed by atoms with Gasteiger partial charge >= 0.3 is 5.97 Å². The number of hydrogen-bond donors (Lipinski definition) is 3. The molecule has 0 heterocycles. The smallest absolute Gasteiger partial charge is 0.320 e. The summed E-state index contributed by atoms with van der Waals surface area (Å²) in [6, 6.07) is 0.840. The highest BCUT2D eigenvalue weighted by Crippen LogP contribution is 2.33. The number of hydrogen-bond acceptors (Lipinski definition) is 3. The van der Waals surface area contributed by atoms with E-state index in [0.29, 0.717) is 10.0 Å². The van der Waals surface area contributed by atoms with Crippen molar-refractivity contribution < 1.29 is 15.0 Å². The van der Waals surface area contributed by atoms with E-state index in [1.807, 2.05) is 6.92 Å². The molecule has 1 unspecified atom stereocenters. The van der Waals surface area contributed by atoms with Crippen LogP contribution >= 0.6 is 15.9 Å². The number of phenols is 1. The average molecular weight is 288 g/mol. The minimum Gasteiger partial charge on any atom is -0.506 e. The van der Waals surface area contributed by atoms with Crippen LogP contribution in [0.1, 0.15) is 16.7 Å². The van der Waals surface area contributed by atoms with Gasteiger partial charge in [0.05, 0.1) is 4.47 Å². The molecule has 0 radical (unpaired) electrons. The number of halogens is 1. The number of carboxylic acids is 1. The van der Waals surface area contributed by atoms with Crippen molar-refractivity contribution in [1.29, 1.82) is 0 Å². The molecule has 0 aliphatic heterocycles. The molecular weight excluding hydrogens is 274 g/mol. The van der Waals surface area contributed by atoms with Crippen LogP contribution in [0.2, 0.25) is 0 Å². The van der Waals surface area contributed by atoms with Crippen molar-refractivity contribution in [2.75, 3.05) is 0 Å². The summed E-state index contributed by atoms with van der Waals surface area (Å²) in [5, 5.41) is 18.4. The molecule has 1 atom stereocenters. The Labute approximate surface area is 102 Å². The monoisotopic (exact) mass is 287 g/mol. The standard InChI is InChI=1S/C11H14BrNO3/c1-5-3-7(4-8(13)11(15)16)6(2)9(12)10(5)14/h3,8,14H,4,13H2,1-2H3,(H,15,16). The first-order chi connectivity index (χ1) is 7.34. The SMILES string of the molecule is Cc1cc(CC(N)C(=O)O)c(C)c(Br)c1O. The quantitative estimate of drug-likeness (QED) is 0.791. The first kappa shape index (κ1) is 13.0. The maximum absolute atomic E-state index is 10.7. The van der Waals surface area contributed by atoms with Crippen LogP contribution in [-0.4, -0.2) is 22.2 Å². The lowest BCUT2D eigenvalue weighted by molar-refractivity contribution is -0.138. The summed E-state index contributed by atoms with van der Waals surface area (Å²) in [6.07, 6.45) is 0.251. The number of nitrogens with two attached hydrogens (primary N) is 1. The number of benzene rings is 1. The summed E-state index contributed by atoms with van der Waals surface area (Å²) in [6.45, 7) is 3.57. The van der Waals surface area contributed by atoms with Gasteiger partial charge in [-0.3, -0.25) is 4.79 Å². The number of phenolic OH excluding ortho intramolecular Hbond substituents is 1. The Morgan fingerprint density at radius 2 is 2.12 bits per heavy atom. The van der Waals surface area contributed by atoms with Crippen LogP contribution < -0.4 is 5.73 Å². The number of aliphatic carboxylic acids is 1. The van der Waals surface area contributed by atoms with Gasteiger partial charge in [0.25, 0.3) is 0 Å². The van der Waals surface area contributed by atoms with E-state index in [-0.39, 0.29) is 12.2 Å². The minimum atomic E-state index is -1.03. The molecule has 0 saturated heterocycles. The van der Waals surface area contributed by atoms with Gasteiger partial charge in [-0.15, -0.1) is 0 Å². The van der Waals surface area contributed by atoms with E-state index in [0.717, 1.165) is 11.1 Å². The van der Waals surface area contributed by atoms with E-state index in [1.54, 1.807) is 13.0 Å². The molecule has 1 aromatic carbocycles. The van der Waals surface area contributed by atoms with Crippen molar-refractivity contribution in [2.24, 2.45) is 5.73 Å². The second kappa shape index (κ2) is 4.84. The molecule has 1 aromatic rings. The van der Waals surface area contributed by atoms with Gasteiger partial charge in [0.1, 0.15) is 11.8 Å². The lowest BCUT2D eigenvalue weighted by Gasteiger charge is -2.13. The predicted molar refractivity (Wildman–Crippen MR) is 64.6 cm³/mol.